The van der Waals surface area contributed by atoms with Gasteiger partial charge in [-0.1, -0.05) is 30.3 Å². The van der Waals surface area contributed by atoms with Crippen molar-refractivity contribution in [2.24, 2.45) is 17.6 Å². The number of likely N-dealkylation sites (tertiary alicyclic amines) is 2. The Morgan fingerprint density at radius 1 is 1.08 bits per heavy atom. The van der Waals surface area contributed by atoms with Crippen LogP contribution in [0.25, 0.3) is 0 Å². The highest BCUT2D eigenvalue weighted by Crippen LogP contribution is 2.34. The van der Waals surface area contributed by atoms with E-state index in [2.05, 4.69) is 0 Å². The van der Waals surface area contributed by atoms with E-state index >= 15 is 0 Å². The summed E-state index contributed by atoms with van der Waals surface area (Å²) in [6.45, 7) is 2.26. The standard InChI is InChI=1S/C19H25N3O4/c20-17(23)12-21-8-6-14(7-9-21)18(24)22-10-15(16(11-22)19(25)26)13-4-2-1-3-5-13/h1-5,14-16H,6-12H2,(H2,20,23)(H,25,26)/t15-,16+/m0/s1. The summed E-state index contributed by atoms with van der Waals surface area (Å²) < 4.78 is 0. The third kappa shape index (κ3) is 4.04. The highest BCUT2D eigenvalue weighted by Gasteiger charge is 2.42. The number of hydrogen-bond acceptors (Lipinski definition) is 4. The van der Waals surface area contributed by atoms with E-state index in [0.717, 1.165) is 5.56 Å². The molecule has 3 rings (SSSR count). The number of nitrogens with two attached hydrogens (primary N) is 1. The molecule has 3 N–H and O–H groups in total. The van der Waals surface area contributed by atoms with E-state index in [9.17, 15) is 19.5 Å². The number of nitrogens with zero attached hydrogens (tertiary/aromatic N) is 2. The number of rotatable bonds is 5. The van der Waals surface area contributed by atoms with Gasteiger partial charge >= 0.3 is 5.97 Å². The Labute approximate surface area is 152 Å². The van der Waals surface area contributed by atoms with Gasteiger partial charge in [-0.25, -0.2) is 0 Å². The fourth-order valence-electron chi connectivity index (χ4n) is 4.09. The molecule has 0 spiro atoms. The van der Waals surface area contributed by atoms with Crippen LogP contribution in [0.1, 0.15) is 24.3 Å². The topological polar surface area (TPSA) is 104 Å². The Hall–Kier alpha value is -2.41. The Balaban J connectivity index is 1.64. The maximum Gasteiger partial charge on any atom is 0.308 e. The monoisotopic (exact) mass is 359 g/mol. The molecule has 0 bridgehead atoms. The number of benzene rings is 1. The maximum absolute atomic E-state index is 12.9. The molecular formula is C19H25N3O4. The number of carboxylic acids is 1. The van der Waals surface area contributed by atoms with Gasteiger partial charge in [-0.05, 0) is 31.5 Å². The number of piperidine rings is 1. The van der Waals surface area contributed by atoms with Crippen LogP contribution >= 0.6 is 0 Å². The van der Waals surface area contributed by atoms with Crippen molar-refractivity contribution in [2.75, 3.05) is 32.7 Å². The lowest BCUT2D eigenvalue weighted by Crippen LogP contribution is -2.44. The molecule has 7 heteroatoms. The summed E-state index contributed by atoms with van der Waals surface area (Å²) >= 11 is 0. The molecule has 1 aromatic rings. The van der Waals surface area contributed by atoms with Gasteiger partial charge in [0.15, 0.2) is 0 Å². The largest absolute Gasteiger partial charge is 0.481 e. The molecule has 26 heavy (non-hydrogen) atoms. The lowest BCUT2D eigenvalue weighted by atomic mass is 9.89. The summed E-state index contributed by atoms with van der Waals surface area (Å²) in [5, 5.41) is 9.59. The van der Waals surface area contributed by atoms with Crippen LogP contribution in [0, 0.1) is 11.8 Å². The summed E-state index contributed by atoms with van der Waals surface area (Å²) in [5.41, 5.74) is 6.18. The third-order valence-corrected chi connectivity index (χ3v) is 5.49. The molecule has 0 unspecified atom stereocenters. The zero-order chi connectivity index (χ0) is 18.7. The van der Waals surface area contributed by atoms with E-state index in [1.165, 1.54) is 0 Å². The van der Waals surface area contributed by atoms with E-state index in [1.54, 1.807) is 4.90 Å². The van der Waals surface area contributed by atoms with Crippen LogP contribution in [-0.4, -0.2) is 65.4 Å². The molecule has 0 aliphatic carbocycles. The van der Waals surface area contributed by atoms with Gasteiger partial charge in [-0.15, -0.1) is 0 Å². The first-order chi connectivity index (χ1) is 12.5. The van der Waals surface area contributed by atoms with Gasteiger partial charge in [0.25, 0.3) is 0 Å². The Bertz CT molecular complexity index is 671. The van der Waals surface area contributed by atoms with Crippen molar-refractivity contribution in [3.63, 3.8) is 0 Å². The highest BCUT2D eigenvalue weighted by molar-refractivity contribution is 5.81. The molecule has 2 aliphatic rings. The summed E-state index contributed by atoms with van der Waals surface area (Å²) in [4.78, 5) is 39.3. The summed E-state index contributed by atoms with van der Waals surface area (Å²) in [5.74, 6) is -2.03. The molecule has 0 saturated carbocycles. The van der Waals surface area contributed by atoms with Crippen molar-refractivity contribution in [1.82, 2.24) is 9.80 Å². The van der Waals surface area contributed by atoms with Gasteiger partial charge < -0.3 is 15.7 Å². The molecule has 0 aromatic heterocycles. The molecule has 140 valence electrons. The first kappa shape index (κ1) is 18.4. The van der Waals surface area contributed by atoms with Gasteiger partial charge in [0.2, 0.25) is 11.8 Å². The summed E-state index contributed by atoms with van der Waals surface area (Å²) in [6.07, 6.45) is 1.35. The van der Waals surface area contributed by atoms with Crippen molar-refractivity contribution in [2.45, 2.75) is 18.8 Å². The molecule has 1 aromatic carbocycles. The molecule has 2 saturated heterocycles. The van der Waals surface area contributed by atoms with Crippen molar-refractivity contribution >= 4 is 17.8 Å². The number of hydrogen-bond donors (Lipinski definition) is 2. The Morgan fingerprint density at radius 3 is 2.31 bits per heavy atom. The van der Waals surface area contributed by atoms with Crippen LogP contribution in [-0.2, 0) is 14.4 Å². The fraction of sp³-hybridized carbons (Fsp3) is 0.526. The quantitative estimate of drug-likeness (QED) is 0.797. The number of carbonyl (C=O) groups is 3. The van der Waals surface area contributed by atoms with Gasteiger partial charge in [0, 0.05) is 24.9 Å². The van der Waals surface area contributed by atoms with Crippen molar-refractivity contribution < 1.29 is 19.5 Å². The van der Waals surface area contributed by atoms with Crippen LogP contribution in [0.3, 0.4) is 0 Å². The van der Waals surface area contributed by atoms with E-state index in [0.29, 0.717) is 32.5 Å². The zero-order valence-corrected chi connectivity index (χ0v) is 14.7. The molecule has 2 amide bonds. The van der Waals surface area contributed by atoms with E-state index in [-0.39, 0.29) is 36.7 Å². The van der Waals surface area contributed by atoms with Crippen LogP contribution in [0.15, 0.2) is 30.3 Å². The predicted molar refractivity (Wildman–Crippen MR) is 95.2 cm³/mol. The number of carbonyl (C=O) groups excluding carboxylic acids is 2. The van der Waals surface area contributed by atoms with Crippen LogP contribution in [0.2, 0.25) is 0 Å². The van der Waals surface area contributed by atoms with E-state index < -0.39 is 11.9 Å². The van der Waals surface area contributed by atoms with Gasteiger partial charge in [-0.3, -0.25) is 19.3 Å². The second-order valence-electron chi connectivity index (χ2n) is 7.22. The first-order valence-corrected chi connectivity index (χ1v) is 9.03. The zero-order valence-electron chi connectivity index (χ0n) is 14.7. The lowest BCUT2D eigenvalue weighted by molar-refractivity contribution is -0.142. The molecule has 2 atom stereocenters. The summed E-state index contributed by atoms with van der Waals surface area (Å²) in [7, 11) is 0. The summed E-state index contributed by atoms with van der Waals surface area (Å²) in [6, 6.07) is 9.55. The third-order valence-electron chi connectivity index (χ3n) is 5.49. The Kier molecular flexibility index (Phi) is 5.56. The number of amides is 2. The SMILES string of the molecule is NC(=O)CN1CCC(C(=O)N2C[C@@H](C(=O)O)[C@H](c3ccccc3)C2)CC1. The van der Waals surface area contributed by atoms with Crippen LogP contribution in [0.4, 0.5) is 0 Å². The average Bonchev–Trinajstić information content (AvgIpc) is 3.08. The molecule has 2 aliphatic heterocycles. The van der Waals surface area contributed by atoms with Crippen molar-refractivity contribution in [3.8, 4) is 0 Å². The van der Waals surface area contributed by atoms with Crippen LogP contribution in [0.5, 0.6) is 0 Å². The second-order valence-corrected chi connectivity index (χ2v) is 7.22. The van der Waals surface area contributed by atoms with Crippen molar-refractivity contribution in [3.05, 3.63) is 35.9 Å². The van der Waals surface area contributed by atoms with Gasteiger partial charge in [0.1, 0.15) is 0 Å². The lowest BCUT2D eigenvalue weighted by Gasteiger charge is -2.32. The Morgan fingerprint density at radius 2 is 1.73 bits per heavy atom. The first-order valence-electron chi connectivity index (χ1n) is 9.03. The molecule has 2 heterocycles. The smallest absolute Gasteiger partial charge is 0.308 e. The van der Waals surface area contributed by atoms with E-state index in [1.807, 2.05) is 35.2 Å². The highest BCUT2D eigenvalue weighted by atomic mass is 16.4. The second kappa shape index (κ2) is 7.86. The molecular weight excluding hydrogens is 334 g/mol. The van der Waals surface area contributed by atoms with Gasteiger partial charge in [-0.2, -0.15) is 0 Å². The predicted octanol–water partition coefficient (Wildman–Crippen LogP) is 0.511. The molecule has 0 radical (unpaired) electrons. The molecule has 7 nitrogen and oxygen atoms in total. The van der Waals surface area contributed by atoms with Crippen molar-refractivity contribution in [1.29, 1.82) is 0 Å². The molecule has 2 fully saturated rings. The minimum atomic E-state index is -0.856. The minimum absolute atomic E-state index is 0.0356. The average molecular weight is 359 g/mol. The van der Waals surface area contributed by atoms with Gasteiger partial charge in [0.05, 0.1) is 12.5 Å². The maximum atomic E-state index is 12.9. The minimum Gasteiger partial charge on any atom is -0.481 e. The normalized spacial score (nSPS) is 24.5. The number of aliphatic carboxylic acids is 1. The number of primary amides is 1. The fourth-order valence-corrected chi connectivity index (χ4v) is 4.09. The van der Waals surface area contributed by atoms with E-state index in [4.69, 9.17) is 5.73 Å². The number of carboxylic acid groups (broad SMARTS) is 1. The van der Waals surface area contributed by atoms with Crippen LogP contribution < -0.4 is 5.73 Å².